The highest BCUT2D eigenvalue weighted by molar-refractivity contribution is 7.53. The lowest BCUT2D eigenvalue weighted by molar-refractivity contribution is 0.218. The van der Waals surface area contributed by atoms with Crippen molar-refractivity contribution in [2.24, 2.45) is 5.73 Å². The first-order valence-corrected chi connectivity index (χ1v) is 7.94. The summed E-state index contributed by atoms with van der Waals surface area (Å²) >= 11 is 0. The Balaban J connectivity index is 4.02. The van der Waals surface area contributed by atoms with E-state index in [9.17, 15) is 4.57 Å². The molecule has 98 valence electrons. The molecule has 0 rings (SSSR count). The van der Waals surface area contributed by atoms with Gasteiger partial charge in [-0.1, -0.05) is 26.2 Å². The molecule has 0 bridgehead atoms. The van der Waals surface area contributed by atoms with E-state index in [-0.39, 0.29) is 6.04 Å². The maximum absolute atomic E-state index is 12.1. The van der Waals surface area contributed by atoms with Crippen LogP contribution in [0.4, 0.5) is 0 Å². The molecule has 16 heavy (non-hydrogen) atoms. The summed E-state index contributed by atoms with van der Waals surface area (Å²) in [7, 11) is -2.95. The van der Waals surface area contributed by atoms with Crippen LogP contribution in [-0.2, 0) is 13.6 Å². The standard InChI is InChI=1S/C11H26NO3P/c1-4-7-8-9-11(12)10-16(13,14-5-2)15-6-3/h11H,4-10,12H2,1-3H3. The number of hydrogen-bond acceptors (Lipinski definition) is 4. The minimum absolute atomic E-state index is 0.0875. The third-order valence-corrected chi connectivity index (χ3v) is 4.51. The van der Waals surface area contributed by atoms with Crippen molar-refractivity contribution in [3.05, 3.63) is 0 Å². The first-order chi connectivity index (χ1) is 7.58. The summed E-state index contributed by atoms with van der Waals surface area (Å²) < 4.78 is 22.5. The van der Waals surface area contributed by atoms with Crippen LogP contribution >= 0.6 is 7.60 Å². The summed E-state index contributed by atoms with van der Waals surface area (Å²) in [6, 6.07) is -0.0875. The van der Waals surface area contributed by atoms with Gasteiger partial charge < -0.3 is 14.8 Å². The maximum atomic E-state index is 12.1. The van der Waals surface area contributed by atoms with Crippen LogP contribution in [-0.4, -0.2) is 25.4 Å². The Kier molecular flexibility index (Phi) is 9.24. The Morgan fingerprint density at radius 1 is 1.12 bits per heavy atom. The summed E-state index contributed by atoms with van der Waals surface area (Å²) in [4.78, 5) is 0. The van der Waals surface area contributed by atoms with Crippen molar-refractivity contribution >= 4 is 7.60 Å². The van der Waals surface area contributed by atoms with E-state index in [1.54, 1.807) is 0 Å². The molecular weight excluding hydrogens is 225 g/mol. The zero-order chi connectivity index (χ0) is 12.4. The summed E-state index contributed by atoms with van der Waals surface area (Å²) in [6.07, 6.45) is 4.63. The molecule has 0 amide bonds. The van der Waals surface area contributed by atoms with E-state index in [0.717, 1.165) is 12.8 Å². The SMILES string of the molecule is CCCCCC(N)CP(=O)(OCC)OCC. The fourth-order valence-corrected chi connectivity index (χ4v) is 3.40. The zero-order valence-corrected chi connectivity index (χ0v) is 11.7. The van der Waals surface area contributed by atoms with Crippen LogP contribution in [0.3, 0.4) is 0 Å². The first-order valence-electron chi connectivity index (χ1n) is 6.21. The molecule has 0 aromatic rings. The van der Waals surface area contributed by atoms with Crippen LogP contribution in [0.15, 0.2) is 0 Å². The Morgan fingerprint density at radius 2 is 1.69 bits per heavy atom. The van der Waals surface area contributed by atoms with Crippen molar-refractivity contribution in [1.82, 2.24) is 0 Å². The van der Waals surface area contributed by atoms with Crippen molar-refractivity contribution in [3.8, 4) is 0 Å². The number of rotatable bonds is 10. The fourth-order valence-electron chi connectivity index (χ4n) is 1.57. The van der Waals surface area contributed by atoms with Crippen LogP contribution in [0.5, 0.6) is 0 Å². The van der Waals surface area contributed by atoms with Crippen molar-refractivity contribution in [3.63, 3.8) is 0 Å². The van der Waals surface area contributed by atoms with Crippen LogP contribution in [0.25, 0.3) is 0 Å². The lowest BCUT2D eigenvalue weighted by Gasteiger charge is -2.20. The van der Waals surface area contributed by atoms with Gasteiger partial charge in [-0.15, -0.1) is 0 Å². The van der Waals surface area contributed by atoms with Gasteiger partial charge in [0, 0.05) is 6.04 Å². The van der Waals surface area contributed by atoms with Crippen molar-refractivity contribution in [1.29, 1.82) is 0 Å². The molecule has 1 atom stereocenters. The second-order valence-electron chi connectivity index (χ2n) is 3.88. The molecule has 0 aromatic heterocycles. The van der Waals surface area contributed by atoms with Gasteiger partial charge in [-0.2, -0.15) is 0 Å². The third kappa shape index (κ3) is 7.39. The van der Waals surface area contributed by atoms with Gasteiger partial charge in [0.25, 0.3) is 0 Å². The molecule has 0 radical (unpaired) electrons. The fraction of sp³-hybridized carbons (Fsp3) is 1.00. The summed E-state index contributed by atoms with van der Waals surface area (Å²) in [5.41, 5.74) is 5.93. The van der Waals surface area contributed by atoms with E-state index < -0.39 is 7.60 Å². The smallest absolute Gasteiger partial charge is 0.327 e. The highest BCUT2D eigenvalue weighted by Gasteiger charge is 2.26. The van der Waals surface area contributed by atoms with Crippen LogP contribution in [0.1, 0.15) is 46.5 Å². The molecule has 2 N–H and O–H groups in total. The highest BCUT2D eigenvalue weighted by atomic mass is 31.2. The average molecular weight is 251 g/mol. The van der Waals surface area contributed by atoms with Gasteiger partial charge in [0.2, 0.25) is 0 Å². The van der Waals surface area contributed by atoms with Gasteiger partial charge in [0.1, 0.15) is 0 Å². The molecule has 0 fully saturated rings. The molecule has 0 aliphatic heterocycles. The molecule has 0 aliphatic carbocycles. The molecule has 0 aromatic carbocycles. The third-order valence-electron chi connectivity index (χ3n) is 2.29. The van der Waals surface area contributed by atoms with Gasteiger partial charge in [-0.3, -0.25) is 4.57 Å². The Hall–Kier alpha value is 0.110. The predicted molar refractivity (Wildman–Crippen MR) is 67.8 cm³/mol. The molecule has 0 saturated heterocycles. The van der Waals surface area contributed by atoms with Crippen LogP contribution < -0.4 is 5.73 Å². The van der Waals surface area contributed by atoms with Gasteiger partial charge in [-0.05, 0) is 20.3 Å². The molecular formula is C11H26NO3P. The molecule has 1 unspecified atom stereocenters. The van der Waals surface area contributed by atoms with E-state index in [1.807, 2.05) is 13.8 Å². The van der Waals surface area contributed by atoms with E-state index in [2.05, 4.69) is 6.92 Å². The molecule has 0 saturated carbocycles. The highest BCUT2D eigenvalue weighted by Crippen LogP contribution is 2.48. The van der Waals surface area contributed by atoms with Crippen LogP contribution in [0, 0.1) is 0 Å². The van der Waals surface area contributed by atoms with Crippen molar-refractivity contribution in [2.45, 2.75) is 52.5 Å². The molecule has 4 nitrogen and oxygen atoms in total. The summed E-state index contributed by atoms with van der Waals surface area (Å²) in [6.45, 7) is 6.58. The van der Waals surface area contributed by atoms with Gasteiger partial charge in [0.15, 0.2) is 0 Å². The normalized spacial score (nSPS) is 14.0. The van der Waals surface area contributed by atoms with E-state index in [0.29, 0.717) is 19.4 Å². The number of unbranched alkanes of at least 4 members (excludes halogenated alkanes) is 2. The van der Waals surface area contributed by atoms with Crippen molar-refractivity contribution < 1.29 is 13.6 Å². The molecule has 0 aliphatic rings. The van der Waals surface area contributed by atoms with E-state index in [4.69, 9.17) is 14.8 Å². The number of hydrogen-bond donors (Lipinski definition) is 1. The molecule has 0 spiro atoms. The topological polar surface area (TPSA) is 61.6 Å². The zero-order valence-electron chi connectivity index (χ0n) is 10.8. The number of nitrogens with two attached hydrogens (primary N) is 1. The second-order valence-corrected chi connectivity index (χ2v) is 5.99. The lowest BCUT2D eigenvalue weighted by Crippen LogP contribution is -2.25. The van der Waals surface area contributed by atoms with Gasteiger partial charge >= 0.3 is 7.60 Å². The minimum Gasteiger partial charge on any atom is -0.327 e. The maximum Gasteiger partial charge on any atom is 0.332 e. The average Bonchev–Trinajstić information content (AvgIpc) is 2.18. The van der Waals surface area contributed by atoms with Gasteiger partial charge in [-0.25, -0.2) is 0 Å². The molecule has 0 heterocycles. The monoisotopic (exact) mass is 251 g/mol. The van der Waals surface area contributed by atoms with Crippen molar-refractivity contribution in [2.75, 3.05) is 19.4 Å². The van der Waals surface area contributed by atoms with E-state index in [1.165, 1.54) is 12.8 Å². The summed E-state index contributed by atoms with van der Waals surface area (Å²) in [5.74, 6) is 0. The minimum atomic E-state index is -2.95. The second kappa shape index (κ2) is 9.17. The predicted octanol–water partition coefficient (Wildman–Crippen LogP) is 3.16. The Bertz CT molecular complexity index is 201. The first kappa shape index (κ1) is 16.1. The van der Waals surface area contributed by atoms with Crippen LogP contribution in [0.2, 0.25) is 0 Å². The van der Waals surface area contributed by atoms with E-state index >= 15 is 0 Å². The lowest BCUT2D eigenvalue weighted by atomic mass is 10.1. The summed E-state index contributed by atoms with van der Waals surface area (Å²) in [5, 5.41) is 0. The Morgan fingerprint density at radius 3 is 2.12 bits per heavy atom. The molecule has 5 heteroatoms. The quantitative estimate of drug-likeness (QED) is 0.478. The Labute approximate surface area is 99.4 Å². The largest absolute Gasteiger partial charge is 0.332 e. The van der Waals surface area contributed by atoms with Gasteiger partial charge in [0.05, 0.1) is 19.4 Å².